The predicted molar refractivity (Wildman–Crippen MR) is 72.1 cm³/mol. The first-order valence-corrected chi connectivity index (χ1v) is 6.32. The molecule has 2 heteroatoms. The van der Waals surface area contributed by atoms with Crippen molar-refractivity contribution < 1.29 is 0 Å². The van der Waals surface area contributed by atoms with Gasteiger partial charge in [-0.05, 0) is 26.0 Å². The van der Waals surface area contributed by atoms with Gasteiger partial charge in [-0.3, -0.25) is 0 Å². The number of hydrogen-bond acceptors (Lipinski definition) is 2. The van der Waals surface area contributed by atoms with E-state index in [9.17, 15) is 0 Å². The highest BCUT2D eigenvalue weighted by atomic mass is 15.2. The minimum absolute atomic E-state index is 0.582. The molecule has 16 heavy (non-hydrogen) atoms. The molecule has 1 aromatic carbocycles. The third-order valence-corrected chi connectivity index (χ3v) is 2.68. The van der Waals surface area contributed by atoms with Crippen molar-refractivity contribution in [3.05, 3.63) is 30.3 Å². The summed E-state index contributed by atoms with van der Waals surface area (Å²) in [5.74, 6) is 0. The van der Waals surface area contributed by atoms with E-state index in [1.54, 1.807) is 0 Å². The Morgan fingerprint density at radius 1 is 1.00 bits per heavy atom. The van der Waals surface area contributed by atoms with Gasteiger partial charge in [0.05, 0.1) is 0 Å². The molecule has 1 aromatic rings. The van der Waals surface area contributed by atoms with Crippen LogP contribution < -0.4 is 10.2 Å². The molecule has 0 spiro atoms. The normalized spacial score (nSPS) is 24.6. The molecule has 1 saturated heterocycles. The standard InChI is InChI=1S/C12H18N2.C2H6/c1-10-8-14(9-11(2)13-10)12-6-4-3-5-7-12;1-2/h3-7,10-11,13H,8-9H2,1-2H3;1-2H3. The molecule has 0 aromatic heterocycles. The average molecular weight is 220 g/mol. The predicted octanol–water partition coefficient (Wildman–Crippen LogP) is 2.90. The summed E-state index contributed by atoms with van der Waals surface area (Å²) in [5, 5.41) is 3.54. The third kappa shape index (κ3) is 3.53. The van der Waals surface area contributed by atoms with Gasteiger partial charge >= 0.3 is 0 Å². The van der Waals surface area contributed by atoms with Gasteiger partial charge in [0.1, 0.15) is 0 Å². The Bertz CT molecular complexity index is 274. The molecule has 0 saturated carbocycles. The zero-order valence-electron chi connectivity index (χ0n) is 10.9. The van der Waals surface area contributed by atoms with Crippen LogP contribution in [0.4, 0.5) is 5.69 Å². The largest absolute Gasteiger partial charge is 0.368 e. The van der Waals surface area contributed by atoms with Gasteiger partial charge in [-0.25, -0.2) is 0 Å². The van der Waals surface area contributed by atoms with Gasteiger partial charge in [-0.1, -0.05) is 32.0 Å². The van der Waals surface area contributed by atoms with Crippen molar-refractivity contribution in [1.29, 1.82) is 0 Å². The Balaban J connectivity index is 0.000000606. The molecule has 0 radical (unpaired) electrons. The van der Waals surface area contributed by atoms with E-state index in [1.807, 2.05) is 13.8 Å². The van der Waals surface area contributed by atoms with Gasteiger partial charge < -0.3 is 10.2 Å². The molecule has 1 fully saturated rings. The maximum absolute atomic E-state index is 3.54. The Labute approximate surface area is 99.7 Å². The number of rotatable bonds is 1. The highest BCUT2D eigenvalue weighted by molar-refractivity contribution is 5.46. The monoisotopic (exact) mass is 220 g/mol. The Morgan fingerprint density at radius 3 is 2.00 bits per heavy atom. The lowest BCUT2D eigenvalue weighted by Crippen LogP contribution is -2.54. The fourth-order valence-electron chi connectivity index (χ4n) is 2.18. The molecule has 1 heterocycles. The summed E-state index contributed by atoms with van der Waals surface area (Å²) in [6.07, 6.45) is 0. The van der Waals surface area contributed by atoms with E-state index in [-0.39, 0.29) is 0 Å². The van der Waals surface area contributed by atoms with Crippen LogP contribution in [-0.2, 0) is 0 Å². The number of hydrogen-bond donors (Lipinski definition) is 1. The van der Waals surface area contributed by atoms with Gasteiger partial charge in [0, 0.05) is 30.9 Å². The van der Waals surface area contributed by atoms with Crippen LogP contribution >= 0.6 is 0 Å². The molecule has 0 aliphatic carbocycles. The Hall–Kier alpha value is -1.02. The number of piperazine rings is 1. The quantitative estimate of drug-likeness (QED) is 0.783. The summed E-state index contributed by atoms with van der Waals surface area (Å²) < 4.78 is 0. The summed E-state index contributed by atoms with van der Waals surface area (Å²) in [4.78, 5) is 2.45. The first-order chi connectivity index (χ1) is 7.75. The average Bonchev–Trinajstić information content (AvgIpc) is 2.32. The van der Waals surface area contributed by atoms with E-state index in [0.29, 0.717) is 12.1 Å². The van der Waals surface area contributed by atoms with E-state index in [1.165, 1.54) is 5.69 Å². The van der Waals surface area contributed by atoms with Gasteiger partial charge in [0.25, 0.3) is 0 Å². The second-order valence-electron chi connectivity index (χ2n) is 4.21. The molecular weight excluding hydrogens is 196 g/mol. The third-order valence-electron chi connectivity index (χ3n) is 2.68. The lowest BCUT2D eigenvalue weighted by molar-refractivity contribution is 0.407. The van der Waals surface area contributed by atoms with Crippen LogP contribution in [0.1, 0.15) is 27.7 Å². The minimum Gasteiger partial charge on any atom is -0.368 e. The maximum atomic E-state index is 3.54. The lowest BCUT2D eigenvalue weighted by atomic mass is 10.1. The van der Waals surface area contributed by atoms with Crippen LogP contribution in [0.5, 0.6) is 0 Å². The van der Waals surface area contributed by atoms with Gasteiger partial charge in [-0.15, -0.1) is 0 Å². The molecule has 2 atom stereocenters. The molecular formula is C14H24N2. The van der Waals surface area contributed by atoms with Crippen molar-refractivity contribution in [2.24, 2.45) is 0 Å². The van der Waals surface area contributed by atoms with Crippen LogP contribution in [0.2, 0.25) is 0 Å². The molecule has 2 nitrogen and oxygen atoms in total. The van der Waals surface area contributed by atoms with Crippen molar-refractivity contribution >= 4 is 5.69 Å². The highest BCUT2D eigenvalue weighted by Crippen LogP contribution is 2.16. The van der Waals surface area contributed by atoms with E-state index < -0.39 is 0 Å². The SMILES string of the molecule is CC.CC1CN(c2ccccc2)CC(C)N1. The Kier molecular flexibility index (Phi) is 5.33. The number of benzene rings is 1. The van der Waals surface area contributed by atoms with Crippen molar-refractivity contribution in [3.8, 4) is 0 Å². The summed E-state index contributed by atoms with van der Waals surface area (Å²) in [6.45, 7) is 10.7. The molecule has 2 rings (SSSR count). The van der Waals surface area contributed by atoms with Crippen LogP contribution in [-0.4, -0.2) is 25.2 Å². The maximum Gasteiger partial charge on any atom is 0.0367 e. The van der Waals surface area contributed by atoms with Crippen molar-refractivity contribution in [2.45, 2.75) is 39.8 Å². The summed E-state index contributed by atoms with van der Waals surface area (Å²) >= 11 is 0. The van der Waals surface area contributed by atoms with Gasteiger partial charge in [0.2, 0.25) is 0 Å². The van der Waals surface area contributed by atoms with Crippen molar-refractivity contribution in [2.75, 3.05) is 18.0 Å². The van der Waals surface area contributed by atoms with Gasteiger partial charge in [0.15, 0.2) is 0 Å². The summed E-state index contributed by atoms with van der Waals surface area (Å²) in [5.41, 5.74) is 1.34. The fraction of sp³-hybridized carbons (Fsp3) is 0.571. The molecule has 1 N–H and O–H groups in total. The van der Waals surface area contributed by atoms with Crippen molar-refractivity contribution in [1.82, 2.24) is 5.32 Å². The van der Waals surface area contributed by atoms with Crippen molar-refractivity contribution in [3.63, 3.8) is 0 Å². The second-order valence-corrected chi connectivity index (χ2v) is 4.21. The number of para-hydroxylation sites is 1. The Morgan fingerprint density at radius 2 is 1.50 bits per heavy atom. The van der Waals surface area contributed by atoms with E-state index in [0.717, 1.165) is 13.1 Å². The zero-order chi connectivity index (χ0) is 12.0. The lowest BCUT2D eigenvalue weighted by Gasteiger charge is -2.37. The first-order valence-electron chi connectivity index (χ1n) is 6.32. The number of anilines is 1. The van der Waals surface area contributed by atoms with Crippen LogP contribution in [0.15, 0.2) is 30.3 Å². The van der Waals surface area contributed by atoms with E-state index in [4.69, 9.17) is 0 Å². The smallest absolute Gasteiger partial charge is 0.0367 e. The number of nitrogens with zero attached hydrogens (tertiary/aromatic N) is 1. The highest BCUT2D eigenvalue weighted by Gasteiger charge is 2.20. The molecule has 2 unspecified atom stereocenters. The minimum atomic E-state index is 0.582. The number of nitrogens with one attached hydrogen (secondary N) is 1. The molecule has 1 aliphatic heterocycles. The van der Waals surface area contributed by atoms with Gasteiger partial charge in [-0.2, -0.15) is 0 Å². The molecule has 1 aliphatic rings. The van der Waals surface area contributed by atoms with E-state index >= 15 is 0 Å². The van der Waals surface area contributed by atoms with Crippen LogP contribution in [0, 0.1) is 0 Å². The topological polar surface area (TPSA) is 15.3 Å². The van der Waals surface area contributed by atoms with Crippen LogP contribution in [0.3, 0.4) is 0 Å². The molecule has 90 valence electrons. The van der Waals surface area contributed by atoms with E-state index in [2.05, 4.69) is 54.4 Å². The molecule has 0 bridgehead atoms. The second kappa shape index (κ2) is 6.54. The first kappa shape index (κ1) is 13.0. The fourth-order valence-corrected chi connectivity index (χ4v) is 2.18. The van der Waals surface area contributed by atoms with Crippen LogP contribution in [0.25, 0.3) is 0 Å². The summed E-state index contributed by atoms with van der Waals surface area (Å²) in [6, 6.07) is 11.8. The summed E-state index contributed by atoms with van der Waals surface area (Å²) in [7, 11) is 0. The zero-order valence-corrected chi connectivity index (χ0v) is 10.9. The molecule has 0 amide bonds.